The Morgan fingerprint density at radius 3 is 2.96 bits per heavy atom. The normalized spacial score (nSPS) is 13.7. The van der Waals surface area contributed by atoms with Crippen LogP contribution in [0.3, 0.4) is 0 Å². The van der Waals surface area contributed by atoms with Crippen LogP contribution in [-0.2, 0) is 11.4 Å². The van der Waals surface area contributed by atoms with E-state index in [1.165, 1.54) is 11.3 Å². The Morgan fingerprint density at radius 2 is 2.16 bits per heavy atom. The fourth-order valence-electron chi connectivity index (χ4n) is 2.30. The van der Waals surface area contributed by atoms with Crippen LogP contribution in [0.4, 0.5) is 11.4 Å². The largest absolute Gasteiger partial charge is 0.397 e. The van der Waals surface area contributed by atoms with Gasteiger partial charge in [0.2, 0.25) is 0 Å². The van der Waals surface area contributed by atoms with Crippen molar-refractivity contribution in [2.24, 2.45) is 5.16 Å². The molecule has 0 atom stereocenters. The second-order valence-corrected chi connectivity index (χ2v) is 6.67. The van der Waals surface area contributed by atoms with Crippen LogP contribution in [0.25, 0.3) is 0 Å². The minimum atomic E-state index is -0.185. The van der Waals surface area contributed by atoms with Crippen molar-refractivity contribution in [1.82, 2.24) is 0 Å². The van der Waals surface area contributed by atoms with Crippen LogP contribution in [0.15, 0.2) is 65.4 Å². The number of carbonyl (C=O) groups is 1. The van der Waals surface area contributed by atoms with E-state index in [0.717, 1.165) is 23.3 Å². The predicted molar refractivity (Wildman–Crippen MR) is 103 cm³/mol. The van der Waals surface area contributed by atoms with Gasteiger partial charge in [0.15, 0.2) is 6.61 Å². The summed E-state index contributed by atoms with van der Waals surface area (Å²) in [6.07, 6.45) is 10.1. The van der Waals surface area contributed by atoms with Crippen LogP contribution < -0.4 is 11.1 Å². The molecule has 0 saturated heterocycles. The fraction of sp³-hybridized carbons (Fsp3) is 0.158. The Bertz CT molecular complexity index is 837. The van der Waals surface area contributed by atoms with E-state index in [0.29, 0.717) is 22.9 Å². The third kappa shape index (κ3) is 4.81. The first kappa shape index (κ1) is 17.0. The van der Waals surface area contributed by atoms with Crippen molar-refractivity contribution < 1.29 is 9.63 Å². The number of benzene rings is 1. The van der Waals surface area contributed by atoms with Gasteiger partial charge in [0, 0.05) is 4.88 Å². The average molecular weight is 353 g/mol. The van der Waals surface area contributed by atoms with E-state index < -0.39 is 0 Å². The summed E-state index contributed by atoms with van der Waals surface area (Å²) in [7, 11) is 0. The molecule has 0 fully saturated rings. The highest BCUT2D eigenvalue weighted by Crippen LogP contribution is 2.22. The van der Waals surface area contributed by atoms with Crippen LogP contribution in [-0.4, -0.2) is 12.1 Å². The molecular weight excluding hydrogens is 334 g/mol. The second kappa shape index (κ2) is 8.30. The highest BCUT2D eigenvalue weighted by atomic mass is 32.1. The zero-order chi connectivity index (χ0) is 17.5. The first-order valence-corrected chi connectivity index (χ1v) is 8.80. The van der Waals surface area contributed by atoms with E-state index in [2.05, 4.69) is 22.6 Å². The molecule has 5 nitrogen and oxygen atoms in total. The molecule has 1 aromatic heterocycles. The van der Waals surface area contributed by atoms with Gasteiger partial charge in [0.05, 0.1) is 22.5 Å². The molecule has 0 saturated carbocycles. The number of rotatable bonds is 6. The van der Waals surface area contributed by atoms with E-state index in [-0.39, 0.29) is 5.91 Å². The van der Waals surface area contributed by atoms with Gasteiger partial charge in [-0.1, -0.05) is 35.5 Å². The summed E-state index contributed by atoms with van der Waals surface area (Å²) < 4.78 is 0. The van der Waals surface area contributed by atoms with Crippen LogP contribution in [0.1, 0.15) is 27.4 Å². The standard InChI is InChI=1S/C19H19N3O2S/c20-16-8-4-5-9-17(16)22-19(23)18-11-10-15(25-18)13-24-21-12-14-6-2-1-3-7-14/h2,4-12H,1,3,13,20H2,(H,22,23). The van der Waals surface area contributed by atoms with Gasteiger partial charge in [-0.3, -0.25) is 4.79 Å². The summed E-state index contributed by atoms with van der Waals surface area (Å²) in [6, 6.07) is 10.8. The highest BCUT2D eigenvalue weighted by Gasteiger charge is 2.11. The number of hydrogen-bond acceptors (Lipinski definition) is 5. The minimum Gasteiger partial charge on any atom is -0.397 e. The monoisotopic (exact) mass is 353 g/mol. The molecule has 3 N–H and O–H groups in total. The summed E-state index contributed by atoms with van der Waals surface area (Å²) in [5.41, 5.74) is 8.04. The van der Waals surface area contributed by atoms with E-state index >= 15 is 0 Å². The Balaban J connectivity index is 1.52. The van der Waals surface area contributed by atoms with E-state index in [1.54, 1.807) is 24.4 Å². The average Bonchev–Trinajstić information content (AvgIpc) is 3.11. The first-order valence-electron chi connectivity index (χ1n) is 7.99. The number of thiophene rings is 1. The lowest BCUT2D eigenvalue weighted by atomic mass is 10.1. The maximum absolute atomic E-state index is 12.3. The number of nitrogens with two attached hydrogens (primary N) is 1. The Morgan fingerprint density at radius 1 is 1.28 bits per heavy atom. The lowest BCUT2D eigenvalue weighted by Gasteiger charge is -2.06. The van der Waals surface area contributed by atoms with Gasteiger partial charge in [-0.25, -0.2) is 0 Å². The van der Waals surface area contributed by atoms with Crippen LogP contribution in [0, 0.1) is 0 Å². The maximum Gasteiger partial charge on any atom is 0.265 e. The van der Waals surface area contributed by atoms with Gasteiger partial charge < -0.3 is 15.9 Å². The van der Waals surface area contributed by atoms with Crippen molar-refractivity contribution >= 4 is 34.8 Å². The molecule has 0 bridgehead atoms. The Kier molecular flexibility index (Phi) is 5.64. The lowest BCUT2D eigenvalue weighted by Crippen LogP contribution is -2.11. The zero-order valence-electron chi connectivity index (χ0n) is 13.6. The molecule has 1 aliphatic rings. The SMILES string of the molecule is Nc1ccccc1NC(=O)c1ccc(CON=CC2=CCCC=C2)s1. The summed E-state index contributed by atoms with van der Waals surface area (Å²) in [5.74, 6) is -0.185. The number of oxime groups is 1. The number of amides is 1. The molecule has 6 heteroatoms. The Labute approximate surface area is 150 Å². The topological polar surface area (TPSA) is 76.7 Å². The molecule has 1 aliphatic carbocycles. The number of allylic oxidation sites excluding steroid dienone is 4. The molecule has 2 aromatic rings. The number of nitrogens with zero attached hydrogens (tertiary/aromatic N) is 1. The molecular formula is C19H19N3O2S. The third-order valence-corrected chi connectivity index (χ3v) is 4.66. The smallest absolute Gasteiger partial charge is 0.265 e. The van der Waals surface area contributed by atoms with Crippen LogP contribution >= 0.6 is 11.3 Å². The van der Waals surface area contributed by atoms with E-state index in [1.807, 2.05) is 24.3 Å². The van der Waals surface area contributed by atoms with Crippen molar-refractivity contribution in [2.45, 2.75) is 19.4 Å². The second-order valence-electron chi connectivity index (χ2n) is 5.50. The molecule has 0 aliphatic heterocycles. The maximum atomic E-state index is 12.3. The lowest BCUT2D eigenvalue weighted by molar-refractivity contribution is 0.103. The van der Waals surface area contributed by atoms with Gasteiger partial charge >= 0.3 is 0 Å². The summed E-state index contributed by atoms with van der Waals surface area (Å²) in [5, 5.41) is 6.78. The van der Waals surface area contributed by atoms with Crippen LogP contribution in [0.5, 0.6) is 0 Å². The fourth-order valence-corrected chi connectivity index (χ4v) is 3.11. The predicted octanol–water partition coefficient (Wildman–Crippen LogP) is 4.36. The molecule has 1 heterocycles. The number of carbonyl (C=O) groups excluding carboxylic acids is 1. The van der Waals surface area contributed by atoms with Gasteiger partial charge in [0.25, 0.3) is 5.91 Å². The summed E-state index contributed by atoms with van der Waals surface area (Å²) >= 11 is 1.37. The molecule has 0 unspecified atom stereocenters. The molecule has 1 aromatic carbocycles. The van der Waals surface area contributed by atoms with Crippen molar-refractivity contribution in [2.75, 3.05) is 11.1 Å². The number of hydrogen-bond donors (Lipinski definition) is 2. The summed E-state index contributed by atoms with van der Waals surface area (Å²) in [6.45, 7) is 0.332. The van der Waals surface area contributed by atoms with E-state index in [4.69, 9.17) is 10.6 Å². The first-order chi connectivity index (χ1) is 12.2. The highest BCUT2D eigenvalue weighted by molar-refractivity contribution is 7.14. The zero-order valence-corrected chi connectivity index (χ0v) is 14.5. The Hall–Kier alpha value is -2.86. The third-order valence-electron chi connectivity index (χ3n) is 3.60. The van der Waals surface area contributed by atoms with Crippen LogP contribution in [0.2, 0.25) is 0 Å². The number of para-hydroxylation sites is 2. The van der Waals surface area contributed by atoms with Crippen molar-refractivity contribution in [3.8, 4) is 0 Å². The molecule has 0 radical (unpaired) electrons. The molecule has 25 heavy (non-hydrogen) atoms. The number of nitrogens with one attached hydrogen (secondary N) is 1. The summed E-state index contributed by atoms with van der Waals surface area (Å²) in [4.78, 5) is 19.1. The number of nitrogen functional groups attached to an aromatic ring is 1. The van der Waals surface area contributed by atoms with Crippen molar-refractivity contribution in [3.05, 3.63) is 70.0 Å². The number of anilines is 2. The molecule has 0 spiro atoms. The molecule has 1 amide bonds. The molecule has 3 rings (SSSR count). The molecule has 128 valence electrons. The van der Waals surface area contributed by atoms with E-state index in [9.17, 15) is 4.79 Å². The van der Waals surface area contributed by atoms with Gasteiger partial charge in [-0.05, 0) is 42.7 Å². The van der Waals surface area contributed by atoms with Crippen molar-refractivity contribution in [3.63, 3.8) is 0 Å². The van der Waals surface area contributed by atoms with Gasteiger partial charge in [0.1, 0.15) is 0 Å². The quantitative estimate of drug-likeness (QED) is 0.460. The van der Waals surface area contributed by atoms with Gasteiger partial charge in [-0.2, -0.15) is 0 Å². The minimum absolute atomic E-state index is 0.185. The van der Waals surface area contributed by atoms with Gasteiger partial charge in [-0.15, -0.1) is 11.3 Å². The van der Waals surface area contributed by atoms with Crippen molar-refractivity contribution in [1.29, 1.82) is 0 Å².